The fourth-order valence-electron chi connectivity index (χ4n) is 1.16. The SMILES string of the molecule is CC(C)(O)C(C)(C)OBc1cc(F)c(N)c(F)c1. The number of halogens is 2. The first-order valence-corrected chi connectivity index (χ1v) is 5.64. The van der Waals surface area contributed by atoms with E-state index in [0.717, 1.165) is 12.1 Å². The van der Waals surface area contributed by atoms with Gasteiger partial charge in [-0.3, -0.25) is 0 Å². The largest absolute Gasteiger partial charge is 0.427 e. The molecule has 0 radical (unpaired) electrons. The van der Waals surface area contributed by atoms with E-state index in [4.69, 9.17) is 10.4 Å². The van der Waals surface area contributed by atoms with Crippen molar-refractivity contribution < 1.29 is 18.5 Å². The highest BCUT2D eigenvalue weighted by Crippen LogP contribution is 2.24. The second-order valence-corrected chi connectivity index (χ2v) is 5.33. The van der Waals surface area contributed by atoms with Crippen molar-refractivity contribution in [3.05, 3.63) is 23.8 Å². The lowest BCUT2D eigenvalue weighted by molar-refractivity contribution is -0.0893. The third-order valence-electron chi connectivity index (χ3n) is 3.21. The Hall–Kier alpha value is -1.14. The Labute approximate surface area is 106 Å². The Morgan fingerprint density at radius 1 is 1.17 bits per heavy atom. The van der Waals surface area contributed by atoms with E-state index >= 15 is 0 Å². The average Bonchev–Trinajstić information content (AvgIpc) is 2.21. The van der Waals surface area contributed by atoms with Gasteiger partial charge in [-0.15, -0.1) is 0 Å². The molecular formula is C12H18BF2NO2. The summed E-state index contributed by atoms with van der Waals surface area (Å²) in [4.78, 5) is 0. The van der Waals surface area contributed by atoms with Crippen molar-refractivity contribution in [2.75, 3.05) is 5.73 Å². The summed E-state index contributed by atoms with van der Waals surface area (Å²) in [6.45, 7) is 6.63. The lowest BCUT2D eigenvalue weighted by Crippen LogP contribution is -2.49. The molecule has 0 saturated heterocycles. The second kappa shape index (κ2) is 4.86. The number of aliphatic hydroxyl groups is 1. The molecule has 0 fully saturated rings. The molecule has 0 heterocycles. The minimum Gasteiger partial charge on any atom is -0.427 e. The van der Waals surface area contributed by atoms with Gasteiger partial charge < -0.3 is 15.5 Å². The summed E-state index contributed by atoms with van der Waals surface area (Å²) in [7, 11) is -0.00882. The van der Waals surface area contributed by atoms with Crippen molar-refractivity contribution >= 4 is 18.6 Å². The smallest absolute Gasteiger partial charge is 0.309 e. The van der Waals surface area contributed by atoms with Gasteiger partial charge in [0, 0.05) is 0 Å². The highest BCUT2D eigenvalue weighted by atomic mass is 19.1. The minimum absolute atomic E-state index is 0.00882. The molecule has 0 saturated carbocycles. The van der Waals surface area contributed by atoms with Gasteiger partial charge in [0.05, 0.1) is 11.2 Å². The maximum absolute atomic E-state index is 13.2. The van der Waals surface area contributed by atoms with Crippen LogP contribution in [0.5, 0.6) is 0 Å². The summed E-state index contributed by atoms with van der Waals surface area (Å²) in [5.41, 5.74) is 3.08. The third-order valence-corrected chi connectivity index (χ3v) is 3.21. The number of hydrogen-bond donors (Lipinski definition) is 2. The van der Waals surface area contributed by atoms with Crippen LogP contribution in [0.4, 0.5) is 14.5 Å². The Morgan fingerprint density at radius 3 is 2.00 bits per heavy atom. The number of hydrogen-bond acceptors (Lipinski definition) is 3. The fourth-order valence-corrected chi connectivity index (χ4v) is 1.16. The molecule has 0 bridgehead atoms. The molecule has 3 N–H and O–H groups in total. The third kappa shape index (κ3) is 3.20. The van der Waals surface area contributed by atoms with Crippen LogP contribution in [0.3, 0.4) is 0 Å². The summed E-state index contributed by atoms with van der Waals surface area (Å²) in [5, 5.41) is 9.88. The average molecular weight is 257 g/mol. The lowest BCUT2D eigenvalue weighted by Gasteiger charge is -2.37. The quantitative estimate of drug-likeness (QED) is 0.627. The zero-order valence-corrected chi connectivity index (χ0v) is 11.1. The van der Waals surface area contributed by atoms with Crippen molar-refractivity contribution in [1.82, 2.24) is 0 Å². The van der Waals surface area contributed by atoms with Gasteiger partial charge in [-0.05, 0) is 45.3 Å². The highest BCUT2D eigenvalue weighted by molar-refractivity contribution is 6.47. The number of anilines is 1. The summed E-state index contributed by atoms with van der Waals surface area (Å²) in [5.74, 6) is -1.62. The summed E-state index contributed by atoms with van der Waals surface area (Å²) >= 11 is 0. The molecule has 1 aromatic carbocycles. The molecule has 1 aromatic rings. The Kier molecular flexibility index (Phi) is 4.03. The molecule has 0 spiro atoms. The van der Waals surface area contributed by atoms with Gasteiger partial charge in [-0.1, -0.05) is 0 Å². The maximum atomic E-state index is 13.2. The number of benzene rings is 1. The van der Waals surface area contributed by atoms with Gasteiger partial charge in [0.25, 0.3) is 0 Å². The highest BCUT2D eigenvalue weighted by Gasteiger charge is 2.35. The van der Waals surface area contributed by atoms with Gasteiger partial charge in [0.1, 0.15) is 17.3 Å². The van der Waals surface area contributed by atoms with Gasteiger partial charge in [0.2, 0.25) is 0 Å². The maximum Gasteiger partial charge on any atom is 0.309 e. The zero-order valence-electron chi connectivity index (χ0n) is 11.1. The van der Waals surface area contributed by atoms with Gasteiger partial charge in [0.15, 0.2) is 0 Å². The van der Waals surface area contributed by atoms with E-state index < -0.39 is 28.5 Å². The van der Waals surface area contributed by atoms with E-state index in [1.54, 1.807) is 27.7 Å². The van der Waals surface area contributed by atoms with Gasteiger partial charge >= 0.3 is 7.48 Å². The summed E-state index contributed by atoms with van der Waals surface area (Å²) in [6, 6.07) is 2.25. The molecule has 0 atom stereocenters. The molecule has 0 unspecified atom stereocenters. The minimum atomic E-state index is -1.07. The molecule has 3 nitrogen and oxygen atoms in total. The Morgan fingerprint density at radius 2 is 1.61 bits per heavy atom. The predicted molar refractivity (Wildman–Crippen MR) is 69.0 cm³/mol. The molecule has 18 heavy (non-hydrogen) atoms. The Bertz CT molecular complexity index is 421. The molecule has 0 aromatic heterocycles. The van der Waals surface area contributed by atoms with Crippen LogP contribution >= 0.6 is 0 Å². The van der Waals surface area contributed by atoms with Crippen LogP contribution in [0.15, 0.2) is 12.1 Å². The van der Waals surface area contributed by atoms with Crippen LogP contribution in [-0.4, -0.2) is 23.8 Å². The van der Waals surface area contributed by atoms with Crippen molar-refractivity contribution in [3.63, 3.8) is 0 Å². The monoisotopic (exact) mass is 257 g/mol. The zero-order chi connectivity index (χ0) is 14.1. The van der Waals surface area contributed by atoms with Gasteiger partial charge in [-0.25, -0.2) is 8.78 Å². The molecule has 1 rings (SSSR count). The first-order chi connectivity index (χ1) is 8.04. The van der Waals surface area contributed by atoms with Crippen LogP contribution < -0.4 is 11.2 Å². The van der Waals surface area contributed by atoms with E-state index in [1.165, 1.54) is 0 Å². The molecule has 6 heteroatoms. The summed E-state index contributed by atoms with van der Waals surface area (Å²) < 4.78 is 32.0. The molecule has 0 aliphatic heterocycles. The predicted octanol–water partition coefficient (Wildman–Crippen LogP) is 1.09. The van der Waals surface area contributed by atoms with Crippen molar-refractivity contribution in [1.29, 1.82) is 0 Å². The second-order valence-electron chi connectivity index (χ2n) is 5.33. The first-order valence-electron chi connectivity index (χ1n) is 5.64. The molecule has 0 amide bonds. The molecule has 0 aliphatic rings. The Balaban J connectivity index is 2.82. The van der Waals surface area contributed by atoms with Crippen molar-refractivity contribution in [3.8, 4) is 0 Å². The van der Waals surface area contributed by atoms with Crippen LogP contribution in [0.1, 0.15) is 27.7 Å². The molecule has 0 aliphatic carbocycles. The number of nitrogens with two attached hydrogens (primary N) is 1. The van der Waals surface area contributed by atoms with Crippen molar-refractivity contribution in [2.45, 2.75) is 38.9 Å². The first kappa shape index (κ1) is 14.9. The molecular weight excluding hydrogens is 239 g/mol. The molecule has 100 valence electrons. The van der Waals surface area contributed by atoms with Crippen LogP contribution in [-0.2, 0) is 4.65 Å². The van der Waals surface area contributed by atoms with E-state index in [1.807, 2.05) is 0 Å². The van der Waals surface area contributed by atoms with Crippen LogP contribution in [0.25, 0.3) is 0 Å². The van der Waals surface area contributed by atoms with E-state index in [0.29, 0.717) is 5.46 Å². The topological polar surface area (TPSA) is 55.5 Å². The normalized spacial score (nSPS) is 12.6. The number of rotatable bonds is 4. The summed E-state index contributed by atoms with van der Waals surface area (Å²) in [6.07, 6.45) is 0. The standard InChI is InChI=1S/C12H18BF2NO2/c1-11(2,17)12(3,4)18-13-7-5-8(14)10(16)9(15)6-7/h5-6,13,17H,16H2,1-4H3. The van der Waals surface area contributed by atoms with E-state index in [-0.39, 0.29) is 7.48 Å². The fraction of sp³-hybridized carbons (Fsp3) is 0.500. The number of nitrogen functional groups attached to an aromatic ring is 1. The van der Waals surface area contributed by atoms with Crippen LogP contribution in [0, 0.1) is 11.6 Å². The van der Waals surface area contributed by atoms with Crippen LogP contribution in [0.2, 0.25) is 0 Å². The van der Waals surface area contributed by atoms with E-state index in [2.05, 4.69) is 0 Å². The van der Waals surface area contributed by atoms with Crippen molar-refractivity contribution in [2.24, 2.45) is 0 Å². The lowest BCUT2D eigenvalue weighted by atomic mass is 9.82. The van der Waals surface area contributed by atoms with Gasteiger partial charge in [-0.2, -0.15) is 0 Å². The van der Waals surface area contributed by atoms with E-state index in [9.17, 15) is 13.9 Å².